The van der Waals surface area contributed by atoms with Gasteiger partial charge in [0, 0.05) is 11.6 Å². The zero-order valence-electron chi connectivity index (χ0n) is 14.8. The molecule has 1 saturated heterocycles. The Bertz CT molecular complexity index is 946. The van der Waals surface area contributed by atoms with Crippen molar-refractivity contribution < 1.29 is 13.2 Å². The van der Waals surface area contributed by atoms with Gasteiger partial charge < -0.3 is 5.32 Å². The summed E-state index contributed by atoms with van der Waals surface area (Å²) in [7, 11) is -3.76. The van der Waals surface area contributed by atoms with E-state index in [1.54, 1.807) is 36.4 Å². The first kappa shape index (κ1) is 20.1. The number of hydrogen-bond donors (Lipinski definition) is 1. The average molecular weight is 427 g/mol. The van der Waals surface area contributed by atoms with E-state index < -0.39 is 22.0 Å². The fourth-order valence-corrected chi connectivity index (χ4v) is 5.22. The number of hydrogen-bond acceptors (Lipinski definition) is 3. The van der Waals surface area contributed by atoms with E-state index in [0.29, 0.717) is 28.7 Å². The van der Waals surface area contributed by atoms with Gasteiger partial charge in [0.15, 0.2) is 0 Å². The summed E-state index contributed by atoms with van der Waals surface area (Å²) in [5, 5.41) is 3.50. The summed E-state index contributed by atoms with van der Waals surface area (Å²) in [5.41, 5.74) is 1.38. The van der Waals surface area contributed by atoms with Crippen molar-refractivity contribution >= 4 is 44.8 Å². The number of nitrogens with one attached hydrogen (secondary N) is 1. The molecular formula is C19H20Cl2N2O3S. The number of aryl methyl sites for hydroxylation is 1. The van der Waals surface area contributed by atoms with Gasteiger partial charge in [0.2, 0.25) is 15.9 Å². The lowest BCUT2D eigenvalue weighted by atomic mass is 10.0. The van der Waals surface area contributed by atoms with E-state index in [1.165, 1.54) is 10.4 Å². The van der Waals surface area contributed by atoms with Crippen LogP contribution in [0.25, 0.3) is 0 Å². The Kier molecular flexibility index (Phi) is 6.11. The number of sulfonamides is 1. The molecule has 0 saturated carbocycles. The van der Waals surface area contributed by atoms with Crippen molar-refractivity contribution in [2.75, 3.05) is 11.9 Å². The molecule has 1 fully saturated rings. The van der Waals surface area contributed by atoms with E-state index in [4.69, 9.17) is 23.2 Å². The Hall–Kier alpha value is -1.60. The summed E-state index contributed by atoms with van der Waals surface area (Å²) in [6.45, 7) is 2.20. The van der Waals surface area contributed by atoms with Gasteiger partial charge in [0.05, 0.1) is 15.6 Å². The van der Waals surface area contributed by atoms with Gasteiger partial charge in [0.25, 0.3) is 0 Å². The summed E-state index contributed by atoms with van der Waals surface area (Å²) < 4.78 is 27.5. The molecule has 0 bridgehead atoms. The first-order valence-electron chi connectivity index (χ1n) is 8.63. The minimum atomic E-state index is -3.76. The molecule has 0 radical (unpaired) electrons. The number of benzene rings is 2. The number of anilines is 1. The molecule has 1 amide bonds. The molecule has 1 atom stereocenters. The molecule has 144 valence electrons. The zero-order valence-corrected chi connectivity index (χ0v) is 17.1. The van der Waals surface area contributed by atoms with Crippen molar-refractivity contribution in [1.29, 1.82) is 0 Å². The first-order chi connectivity index (χ1) is 12.8. The molecule has 0 unspecified atom stereocenters. The molecule has 27 heavy (non-hydrogen) atoms. The zero-order chi connectivity index (χ0) is 19.6. The third kappa shape index (κ3) is 4.46. The van der Waals surface area contributed by atoms with Crippen LogP contribution < -0.4 is 5.32 Å². The Morgan fingerprint density at radius 3 is 2.48 bits per heavy atom. The van der Waals surface area contributed by atoms with Crippen molar-refractivity contribution in [2.24, 2.45) is 0 Å². The van der Waals surface area contributed by atoms with Gasteiger partial charge in [-0.15, -0.1) is 0 Å². The number of amides is 1. The summed E-state index contributed by atoms with van der Waals surface area (Å²) in [6.07, 6.45) is 1.96. The van der Waals surface area contributed by atoms with E-state index in [-0.39, 0.29) is 4.90 Å². The standard InChI is InChI=1S/C19H20Cl2N2O3S/c1-13-5-8-15(9-6-13)27(25,26)23-11-3-2-4-18(23)19(24)22-17-10-7-14(20)12-16(17)21/h5-10,12,18H,2-4,11H2,1H3,(H,22,24)/t18-/m0/s1. The fraction of sp³-hybridized carbons (Fsp3) is 0.316. The van der Waals surface area contributed by atoms with Gasteiger partial charge in [-0.25, -0.2) is 8.42 Å². The molecule has 8 heteroatoms. The van der Waals surface area contributed by atoms with Crippen LogP contribution in [0.1, 0.15) is 24.8 Å². The van der Waals surface area contributed by atoms with Crippen LogP contribution in [0, 0.1) is 6.92 Å². The summed E-state index contributed by atoms with van der Waals surface area (Å²) in [5.74, 6) is -0.394. The highest BCUT2D eigenvalue weighted by Gasteiger charge is 2.37. The Balaban J connectivity index is 1.86. The second-order valence-corrected chi connectivity index (χ2v) is 9.29. The van der Waals surface area contributed by atoms with Crippen LogP contribution in [-0.4, -0.2) is 31.2 Å². The van der Waals surface area contributed by atoms with Crippen LogP contribution in [0.3, 0.4) is 0 Å². The van der Waals surface area contributed by atoms with E-state index in [9.17, 15) is 13.2 Å². The Morgan fingerprint density at radius 1 is 1.11 bits per heavy atom. The lowest BCUT2D eigenvalue weighted by Crippen LogP contribution is -2.49. The second kappa shape index (κ2) is 8.19. The summed E-state index contributed by atoms with van der Waals surface area (Å²) >= 11 is 12.0. The molecule has 0 aliphatic carbocycles. The van der Waals surface area contributed by atoms with Crippen molar-refractivity contribution in [2.45, 2.75) is 37.1 Å². The van der Waals surface area contributed by atoms with Gasteiger partial charge in [-0.05, 0) is 50.1 Å². The molecule has 1 aliphatic heterocycles. The third-order valence-corrected chi connectivity index (χ3v) is 7.04. The molecule has 1 N–H and O–H groups in total. The lowest BCUT2D eigenvalue weighted by molar-refractivity contribution is -0.120. The quantitative estimate of drug-likeness (QED) is 0.782. The van der Waals surface area contributed by atoms with Crippen LogP contribution in [0.5, 0.6) is 0 Å². The van der Waals surface area contributed by atoms with Crippen molar-refractivity contribution in [3.05, 3.63) is 58.1 Å². The predicted octanol–water partition coefficient (Wildman–Crippen LogP) is 4.48. The average Bonchev–Trinajstić information content (AvgIpc) is 2.64. The third-order valence-electron chi connectivity index (χ3n) is 4.57. The van der Waals surface area contributed by atoms with Crippen LogP contribution in [0.15, 0.2) is 47.4 Å². The summed E-state index contributed by atoms with van der Waals surface area (Å²) in [6, 6.07) is 10.6. The van der Waals surface area contributed by atoms with Gasteiger partial charge in [-0.3, -0.25) is 4.79 Å². The van der Waals surface area contributed by atoms with Crippen LogP contribution in [-0.2, 0) is 14.8 Å². The SMILES string of the molecule is Cc1ccc(S(=O)(=O)N2CCCC[C@H]2C(=O)Nc2ccc(Cl)cc2Cl)cc1. The normalized spacial score (nSPS) is 18.3. The molecule has 0 spiro atoms. The molecular weight excluding hydrogens is 407 g/mol. The number of carbonyl (C=O) groups is 1. The van der Waals surface area contributed by atoms with Crippen molar-refractivity contribution in [3.8, 4) is 0 Å². The number of nitrogens with zero attached hydrogens (tertiary/aromatic N) is 1. The molecule has 5 nitrogen and oxygen atoms in total. The number of carbonyl (C=O) groups excluding carboxylic acids is 1. The number of halogens is 2. The topological polar surface area (TPSA) is 66.5 Å². The van der Waals surface area contributed by atoms with Gasteiger partial charge in [-0.2, -0.15) is 4.31 Å². The van der Waals surface area contributed by atoms with E-state index >= 15 is 0 Å². The molecule has 2 aromatic carbocycles. The first-order valence-corrected chi connectivity index (χ1v) is 10.8. The van der Waals surface area contributed by atoms with Crippen LogP contribution in [0.2, 0.25) is 10.0 Å². The highest BCUT2D eigenvalue weighted by molar-refractivity contribution is 7.89. The maximum atomic E-state index is 13.1. The maximum Gasteiger partial charge on any atom is 0.243 e. The van der Waals surface area contributed by atoms with Crippen molar-refractivity contribution in [1.82, 2.24) is 4.31 Å². The summed E-state index contributed by atoms with van der Waals surface area (Å²) in [4.78, 5) is 13.0. The Labute approximate surface area is 169 Å². The number of piperidine rings is 1. The second-order valence-electron chi connectivity index (χ2n) is 6.55. The highest BCUT2D eigenvalue weighted by atomic mass is 35.5. The van der Waals surface area contributed by atoms with E-state index in [0.717, 1.165) is 18.4 Å². The molecule has 0 aromatic heterocycles. The van der Waals surface area contributed by atoms with Gasteiger partial charge in [0.1, 0.15) is 6.04 Å². The molecule has 1 aliphatic rings. The minimum absolute atomic E-state index is 0.192. The molecule has 3 rings (SSSR count). The van der Waals surface area contributed by atoms with Crippen molar-refractivity contribution in [3.63, 3.8) is 0 Å². The molecule has 2 aromatic rings. The fourth-order valence-electron chi connectivity index (χ4n) is 3.11. The number of rotatable bonds is 4. The Morgan fingerprint density at radius 2 is 1.81 bits per heavy atom. The highest BCUT2D eigenvalue weighted by Crippen LogP contribution is 2.29. The van der Waals surface area contributed by atoms with Crippen LogP contribution in [0.4, 0.5) is 5.69 Å². The van der Waals surface area contributed by atoms with Gasteiger partial charge in [-0.1, -0.05) is 47.3 Å². The van der Waals surface area contributed by atoms with E-state index in [1.807, 2.05) is 6.92 Å². The van der Waals surface area contributed by atoms with Crippen LogP contribution >= 0.6 is 23.2 Å². The maximum absolute atomic E-state index is 13.1. The monoisotopic (exact) mass is 426 g/mol. The minimum Gasteiger partial charge on any atom is -0.323 e. The molecule has 1 heterocycles. The smallest absolute Gasteiger partial charge is 0.243 e. The van der Waals surface area contributed by atoms with Gasteiger partial charge >= 0.3 is 0 Å². The predicted molar refractivity (Wildman–Crippen MR) is 108 cm³/mol. The van der Waals surface area contributed by atoms with E-state index in [2.05, 4.69) is 5.32 Å². The lowest BCUT2D eigenvalue weighted by Gasteiger charge is -2.33. The largest absolute Gasteiger partial charge is 0.323 e.